The number of hydrogen-bond donors (Lipinski definition) is 1. The van der Waals surface area contributed by atoms with Crippen molar-refractivity contribution < 1.29 is 4.39 Å². The zero-order chi connectivity index (χ0) is 14.7. The monoisotopic (exact) mass is 312 g/mol. The molecule has 1 aromatic carbocycles. The highest BCUT2D eigenvalue weighted by atomic mass is 32.2. The Kier molecular flexibility index (Phi) is 4.95. The molecule has 0 saturated heterocycles. The minimum absolute atomic E-state index is 0.0782. The van der Waals surface area contributed by atoms with E-state index in [0.29, 0.717) is 0 Å². The van der Waals surface area contributed by atoms with Gasteiger partial charge in [0.15, 0.2) is 4.34 Å². The summed E-state index contributed by atoms with van der Waals surface area (Å²) in [7, 11) is 5.72. The first-order valence-corrected chi connectivity index (χ1v) is 7.80. The molecule has 0 aliphatic rings. The first kappa shape index (κ1) is 15.2. The summed E-state index contributed by atoms with van der Waals surface area (Å²) in [5.41, 5.74) is 0.930. The standard InChI is InChI=1S/C13H17FN4S2/c1-8(15-2)10-7-9(14)5-6-11(10)19-13-17-16-12(20-13)18(3)4/h5-8,15H,1-4H3. The van der Waals surface area contributed by atoms with Crippen LogP contribution >= 0.6 is 23.1 Å². The lowest BCUT2D eigenvalue weighted by molar-refractivity contribution is 0.601. The van der Waals surface area contributed by atoms with Gasteiger partial charge in [-0.3, -0.25) is 0 Å². The SMILES string of the molecule is CNC(C)c1cc(F)ccc1Sc1nnc(N(C)C)s1. The number of halogens is 1. The molecule has 0 radical (unpaired) electrons. The van der Waals surface area contributed by atoms with E-state index in [9.17, 15) is 4.39 Å². The summed E-state index contributed by atoms with van der Waals surface area (Å²) in [6, 6.07) is 4.91. The topological polar surface area (TPSA) is 41.1 Å². The number of anilines is 1. The molecular formula is C13H17FN4S2. The van der Waals surface area contributed by atoms with Crippen molar-refractivity contribution in [1.82, 2.24) is 15.5 Å². The van der Waals surface area contributed by atoms with Crippen molar-refractivity contribution in [2.75, 3.05) is 26.0 Å². The summed E-state index contributed by atoms with van der Waals surface area (Å²) in [6.07, 6.45) is 0. The van der Waals surface area contributed by atoms with Gasteiger partial charge < -0.3 is 10.2 Å². The van der Waals surface area contributed by atoms with Crippen LogP contribution in [0.15, 0.2) is 27.4 Å². The summed E-state index contributed by atoms with van der Waals surface area (Å²) in [4.78, 5) is 2.92. The van der Waals surface area contributed by atoms with Crippen LogP contribution in [0.5, 0.6) is 0 Å². The van der Waals surface area contributed by atoms with E-state index >= 15 is 0 Å². The molecule has 4 nitrogen and oxygen atoms in total. The Labute approximate surface area is 126 Å². The van der Waals surface area contributed by atoms with Crippen LogP contribution in [-0.4, -0.2) is 31.3 Å². The molecule has 0 spiro atoms. The molecule has 0 amide bonds. The van der Waals surface area contributed by atoms with Gasteiger partial charge in [0.1, 0.15) is 5.82 Å². The number of rotatable bonds is 5. The van der Waals surface area contributed by atoms with E-state index in [1.54, 1.807) is 12.1 Å². The first-order chi connectivity index (χ1) is 9.51. The summed E-state index contributed by atoms with van der Waals surface area (Å²) in [5, 5.41) is 12.3. The average molecular weight is 312 g/mol. The molecule has 7 heteroatoms. The summed E-state index contributed by atoms with van der Waals surface area (Å²) in [5.74, 6) is -0.224. The van der Waals surface area contributed by atoms with E-state index in [-0.39, 0.29) is 11.9 Å². The Morgan fingerprint density at radius 1 is 1.35 bits per heavy atom. The highest BCUT2D eigenvalue weighted by Gasteiger charge is 2.14. The van der Waals surface area contributed by atoms with Crippen molar-refractivity contribution in [2.45, 2.75) is 22.2 Å². The molecule has 108 valence electrons. The Balaban J connectivity index is 2.27. The second-order valence-electron chi connectivity index (χ2n) is 4.54. The third-order valence-corrected chi connectivity index (χ3v) is 5.08. The van der Waals surface area contributed by atoms with Crippen LogP contribution < -0.4 is 10.2 Å². The zero-order valence-electron chi connectivity index (χ0n) is 11.8. The van der Waals surface area contributed by atoms with Gasteiger partial charge in [0.2, 0.25) is 5.13 Å². The molecule has 0 aliphatic carbocycles. The lowest BCUT2D eigenvalue weighted by Crippen LogP contribution is -2.13. The number of nitrogens with one attached hydrogen (secondary N) is 1. The van der Waals surface area contributed by atoms with Gasteiger partial charge in [0.05, 0.1) is 0 Å². The van der Waals surface area contributed by atoms with Gasteiger partial charge in [0.25, 0.3) is 0 Å². The van der Waals surface area contributed by atoms with E-state index in [4.69, 9.17) is 0 Å². The molecule has 0 saturated carbocycles. The van der Waals surface area contributed by atoms with E-state index in [1.165, 1.54) is 29.2 Å². The van der Waals surface area contributed by atoms with Gasteiger partial charge in [-0.2, -0.15) is 0 Å². The molecule has 2 rings (SSSR count). The van der Waals surface area contributed by atoms with E-state index < -0.39 is 0 Å². The van der Waals surface area contributed by atoms with Gasteiger partial charge in [-0.25, -0.2) is 4.39 Å². The average Bonchev–Trinajstić information content (AvgIpc) is 2.88. The fourth-order valence-corrected chi connectivity index (χ4v) is 3.55. The van der Waals surface area contributed by atoms with Crippen LogP contribution in [0.4, 0.5) is 9.52 Å². The predicted molar refractivity (Wildman–Crippen MR) is 82.2 cm³/mol. The molecule has 1 aromatic heterocycles. The lowest BCUT2D eigenvalue weighted by atomic mass is 10.1. The van der Waals surface area contributed by atoms with E-state index in [0.717, 1.165) is 19.9 Å². The van der Waals surface area contributed by atoms with Crippen LogP contribution in [0, 0.1) is 5.82 Å². The second kappa shape index (κ2) is 6.51. The first-order valence-electron chi connectivity index (χ1n) is 6.16. The Morgan fingerprint density at radius 3 is 2.70 bits per heavy atom. The minimum Gasteiger partial charge on any atom is -0.353 e. The van der Waals surface area contributed by atoms with E-state index in [1.807, 2.05) is 33.0 Å². The van der Waals surface area contributed by atoms with Gasteiger partial charge >= 0.3 is 0 Å². The van der Waals surface area contributed by atoms with Crippen LogP contribution in [0.3, 0.4) is 0 Å². The number of aromatic nitrogens is 2. The molecule has 20 heavy (non-hydrogen) atoms. The maximum atomic E-state index is 13.4. The normalized spacial score (nSPS) is 12.4. The molecule has 2 aromatic rings. The summed E-state index contributed by atoms with van der Waals surface area (Å²) >= 11 is 3.04. The fraction of sp³-hybridized carbons (Fsp3) is 0.385. The van der Waals surface area contributed by atoms with E-state index in [2.05, 4.69) is 15.5 Å². The quantitative estimate of drug-likeness (QED) is 0.918. The summed E-state index contributed by atoms with van der Waals surface area (Å²) in [6.45, 7) is 2.00. The van der Waals surface area contributed by atoms with Gasteiger partial charge in [-0.05, 0) is 37.7 Å². The predicted octanol–water partition coefficient (Wildman–Crippen LogP) is 3.17. The molecular weight excluding hydrogens is 295 g/mol. The van der Waals surface area contributed by atoms with Gasteiger partial charge in [-0.15, -0.1) is 10.2 Å². The van der Waals surface area contributed by atoms with Gasteiger partial charge in [-0.1, -0.05) is 23.1 Å². The Bertz CT molecular complexity index is 586. The van der Waals surface area contributed by atoms with Crippen LogP contribution in [-0.2, 0) is 0 Å². The third-order valence-electron chi connectivity index (χ3n) is 2.85. The molecule has 0 fully saturated rings. The fourth-order valence-electron chi connectivity index (χ4n) is 1.62. The van der Waals surface area contributed by atoms with Crippen LogP contribution in [0.1, 0.15) is 18.5 Å². The van der Waals surface area contributed by atoms with Crippen molar-refractivity contribution >= 4 is 28.2 Å². The molecule has 1 heterocycles. The minimum atomic E-state index is -0.224. The zero-order valence-corrected chi connectivity index (χ0v) is 13.5. The summed E-state index contributed by atoms with van der Waals surface area (Å²) < 4.78 is 14.3. The van der Waals surface area contributed by atoms with Crippen molar-refractivity contribution in [3.05, 3.63) is 29.6 Å². The highest BCUT2D eigenvalue weighted by molar-refractivity contribution is 8.01. The van der Waals surface area contributed by atoms with Crippen LogP contribution in [0.2, 0.25) is 0 Å². The number of hydrogen-bond acceptors (Lipinski definition) is 6. The largest absolute Gasteiger partial charge is 0.353 e. The van der Waals surface area contributed by atoms with Crippen LogP contribution in [0.25, 0.3) is 0 Å². The van der Waals surface area contributed by atoms with Crippen molar-refractivity contribution in [3.63, 3.8) is 0 Å². The lowest BCUT2D eigenvalue weighted by Gasteiger charge is -2.14. The van der Waals surface area contributed by atoms with Crippen molar-refractivity contribution in [2.24, 2.45) is 0 Å². The smallest absolute Gasteiger partial charge is 0.208 e. The maximum absolute atomic E-state index is 13.4. The molecule has 0 bridgehead atoms. The maximum Gasteiger partial charge on any atom is 0.208 e. The molecule has 1 N–H and O–H groups in total. The second-order valence-corrected chi connectivity index (χ2v) is 6.78. The van der Waals surface area contributed by atoms with Crippen molar-refractivity contribution in [3.8, 4) is 0 Å². The van der Waals surface area contributed by atoms with Gasteiger partial charge in [0, 0.05) is 25.0 Å². The Morgan fingerprint density at radius 2 is 2.10 bits per heavy atom. The van der Waals surface area contributed by atoms with Crippen molar-refractivity contribution in [1.29, 1.82) is 0 Å². The molecule has 1 atom stereocenters. The highest BCUT2D eigenvalue weighted by Crippen LogP contribution is 2.36. The molecule has 1 unspecified atom stereocenters. The Hall–Kier alpha value is -1.18. The number of benzene rings is 1. The third kappa shape index (κ3) is 3.47. The number of nitrogens with zero attached hydrogens (tertiary/aromatic N) is 3. The molecule has 0 aliphatic heterocycles.